The van der Waals surface area contributed by atoms with Gasteiger partial charge in [0.2, 0.25) is 0 Å². The molecular formula is C13H22N2O5. The van der Waals surface area contributed by atoms with Gasteiger partial charge in [0.05, 0.1) is 6.54 Å². The first kappa shape index (κ1) is 16.3. The zero-order valence-corrected chi connectivity index (χ0v) is 12.1. The Hall–Kier alpha value is -1.79. The predicted molar refractivity (Wildman–Crippen MR) is 71.6 cm³/mol. The van der Waals surface area contributed by atoms with E-state index >= 15 is 0 Å². The summed E-state index contributed by atoms with van der Waals surface area (Å²) in [7, 11) is 0. The molecule has 1 fully saturated rings. The van der Waals surface area contributed by atoms with Crippen LogP contribution in [0.4, 0.5) is 9.59 Å². The van der Waals surface area contributed by atoms with Gasteiger partial charge in [-0.3, -0.25) is 0 Å². The van der Waals surface area contributed by atoms with E-state index in [2.05, 4.69) is 5.32 Å². The van der Waals surface area contributed by atoms with Crippen molar-refractivity contribution in [3.05, 3.63) is 0 Å². The van der Waals surface area contributed by atoms with Crippen LogP contribution in [0.3, 0.4) is 0 Å². The molecule has 1 heterocycles. The Balaban J connectivity index is 2.81. The second kappa shape index (κ2) is 6.11. The van der Waals surface area contributed by atoms with Gasteiger partial charge in [0.15, 0.2) is 0 Å². The van der Waals surface area contributed by atoms with E-state index in [1.807, 2.05) is 0 Å². The van der Waals surface area contributed by atoms with Crippen LogP contribution in [0.2, 0.25) is 0 Å². The highest BCUT2D eigenvalue weighted by molar-refractivity contribution is 5.78. The van der Waals surface area contributed by atoms with Crippen molar-refractivity contribution in [1.29, 1.82) is 0 Å². The van der Waals surface area contributed by atoms with Crippen LogP contribution in [0, 0.1) is 0 Å². The second-order valence-electron chi connectivity index (χ2n) is 6.06. The molecule has 1 atom stereocenters. The van der Waals surface area contributed by atoms with Crippen molar-refractivity contribution < 1.29 is 24.2 Å². The number of carboxylic acid groups (broad SMARTS) is 1. The monoisotopic (exact) mass is 286 g/mol. The lowest BCUT2D eigenvalue weighted by Crippen LogP contribution is -2.57. The summed E-state index contributed by atoms with van der Waals surface area (Å²) in [6.45, 7) is 5.47. The maximum absolute atomic E-state index is 11.8. The first-order valence-electron chi connectivity index (χ1n) is 6.63. The van der Waals surface area contributed by atoms with Crippen LogP contribution in [0.15, 0.2) is 0 Å². The SMILES string of the molecule is CC(C)(C)OC(=O)N[C@@]1(C=O)CCCCN(C(=O)O)C1. The number of hydrogen-bond donors (Lipinski definition) is 2. The van der Waals surface area contributed by atoms with Crippen molar-refractivity contribution in [2.24, 2.45) is 0 Å². The van der Waals surface area contributed by atoms with Crippen molar-refractivity contribution in [2.75, 3.05) is 13.1 Å². The number of ether oxygens (including phenoxy) is 1. The number of alkyl carbamates (subject to hydrolysis) is 1. The molecule has 2 N–H and O–H groups in total. The van der Waals surface area contributed by atoms with Gasteiger partial charge in [-0.1, -0.05) is 0 Å². The van der Waals surface area contributed by atoms with Crippen molar-refractivity contribution in [3.63, 3.8) is 0 Å². The Labute approximate surface area is 118 Å². The summed E-state index contributed by atoms with van der Waals surface area (Å²) in [6.07, 6.45) is 0.537. The quantitative estimate of drug-likeness (QED) is 0.752. The Morgan fingerprint density at radius 2 is 2.00 bits per heavy atom. The summed E-state index contributed by atoms with van der Waals surface area (Å²) in [5.41, 5.74) is -1.89. The van der Waals surface area contributed by atoms with E-state index in [9.17, 15) is 14.4 Å². The first-order chi connectivity index (χ1) is 9.17. The minimum absolute atomic E-state index is 0.0505. The summed E-state index contributed by atoms with van der Waals surface area (Å²) >= 11 is 0. The van der Waals surface area contributed by atoms with E-state index in [1.165, 1.54) is 0 Å². The third-order valence-corrected chi connectivity index (χ3v) is 3.02. The zero-order chi connectivity index (χ0) is 15.4. The Kier molecular flexibility index (Phi) is 4.97. The number of amides is 2. The molecule has 1 aliphatic rings. The molecule has 0 spiro atoms. The molecule has 0 saturated carbocycles. The lowest BCUT2D eigenvalue weighted by Gasteiger charge is -2.32. The molecule has 0 bridgehead atoms. The number of nitrogens with zero attached hydrogens (tertiary/aromatic N) is 1. The molecular weight excluding hydrogens is 264 g/mol. The number of likely N-dealkylation sites (tertiary alicyclic amines) is 1. The van der Waals surface area contributed by atoms with E-state index in [0.717, 1.165) is 4.90 Å². The van der Waals surface area contributed by atoms with E-state index in [-0.39, 0.29) is 6.54 Å². The van der Waals surface area contributed by atoms with Gasteiger partial charge in [0.25, 0.3) is 0 Å². The molecule has 1 saturated heterocycles. The highest BCUT2D eigenvalue weighted by Gasteiger charge is 2.38. The highest BCUT2D eigenvalue weighted by atomic mass is 16.6. The van der Waals surface area contributed by atoms with Crippen LogP contribution in [-0.2, 0) is 9.53 Å². The van der Waals surface area contributed by atoms with Crippen molar-refractivity contribution in [3.8, 4) is 0 Å². The molecule has 114 valence electrons. The number of aldehydes is 1. The van der Waals surface area contributed by atoms with E-state index in [0.29, 0.717) is 32.1 Å². The zero-order valence-electron chi connectivity index (χ0n) is 12.1. The van der Waals surface area contributed by atoms with Gasteiger partial charge >= 0.3 is 12.2 Å². The molecule has 1 aliphatic heterocycles. The molecule has 2 amide bonds. The van der Waals surface area contributed by atoms with E-state index < -0.39 is 23.3 Å². The standard InChI is InChI=1S/C13H22N2O5/c1-12(2,3)20-10(17)14-13(9-16)6-4-5-7-15(8-13)11(18)19/h9H,4-8H2,1-3H3,(H,14,17)(H,18,19)/t13-/m0/s1. The molecule has 0 radical (unpaired) electrons. The van der Waals surface area contributed by atoms with Crippen molar-refractivity contribution in [2.45, 2.75) is 51.2 Å². The molecule has 0 aromatic heterocycles. The lowest BCUT2D eigenvalue weighted by atomic mass is 9.95. The largest absolute Gasteiger partial charge is 0.465 e. The van der Waals surface area contributed by atoms with Gasteiger partial charge in [0.1, 0.15) is 17.4 Å². The summed E-state index contributed by atoms with van der Waals surface area (Å²) in [5.74, 6) is 0. The maximum Gasteiger partial charge on any atom is 0.408 e. The summed E-state index contributed by atoms with van der Waals surface area (Å²) in [6, 6.07) is 0. The van der Waals surface area contributed by atoms with Crippen LogP contribution in [0.25, 0.3) is 0 Å². The smallest absolute Gasteiger partial charge is 0.408 e. The van der Waals surface area contributed by atoms with Gasteiger partial charge in [-0.2, -0.15) is 0 Å². The van der Waals surface area contributed by atoms with Gasteiger partial charge in [-0.05, 0) is 40.0 Å². The molecule has 20 heavy (non-hydrogen) atoms. The fourth-order valence-corrected chi connectivity index (χ4v) is 2.14. The number of hydrogen-bond acceptors (Lipinski definition) is 4. The van der Waals surface area contributed by atoms with Crippen LogP contribution in [-0.4, -0.2) is 52.7 Å². The predicted octanol–water partition coefficient (Wildman–Crippen LogP) is 1.61. The summed E-state index contributed by atoms with van der Waals surface area (Å²) < 4.78 is 5.13. The summed E-state index contributed by atoms with van der Waals surface area (Å²) in [4.78, 5) is 35.5. The molecule has 1 rings (SSSR count). The van der Waals surface area contributed by atoms with Gasteiger partial charge < -0.3 is 24.9 Å². The second-order valence-corrected chi connectivity index (χ2v) is 6.06. The minimum Gasteiger partial charge on any atom is -0.465 e. The van der Waals surface area contributed by atoms with Crippen LogP contribution >= 0.6 is 0 Å². The van der Waals surface area contributed by atoms with Crippen molar-refractivity contribution in [1.82, 2.24) is 10.2 Å². The van der Waals surface area contributed by atoms with Crippen molar-refractivity contribution >= 4 is 18.5 Å². The van der Waals surface area contributed by atoms with Crippen LogP contribution < -0.4 is 5.32 Å². The fourth-order valence-electron chi connectivity index (χ4n) is 2.14. The molecule has 7 heteroatoms. The average Bonchev–Trinajstić information content (AvgIpc) is 2.50. The van der Waals surface area contributed by atoms with Gasteiger partial charge in [-0.15, -0.1) is 0 Å². The number of carbonyl (C=O) groups is 3. The van der Waals surface area contributed by atoms with E-state index in [1.54, 1.807) is 20.8 Å². The third-order valence-electron chi connectivity index (χ3n) is 3.02. The maximum atomic E-state index is 11.8. The topological polar surface area (TPSA) is 95.9 Å². The number of carbonyl (C=O) groups excluding carboxylic acids is 2. The Morgan fingerprint density at radius 3 is 2.50 bits per heavy atom. The fraction of sp³-hybridized carbons (Fsp3) is 0.769. The number of nitrogens with one attached hydrogen (secondary N) is 1. The van der Waals surface area contributed by atoms with Gasteiger partial charge in [0, 0.05) is 6.54 Å². The Morgan fingerprint density at radius 1 is 1.35 bits per heavy atom. The average molecular weight is 286 g/mol. The highest BCUT2D eigenvalue weighted by Crippen LogP contribution is 2.20. The minimum atomic E-state index is -1.21. The number of rotatable bonds is 2. The lowest BCUT2D eigenvalue weighted by molar-refractivity contribution is -0.114. The summed E-state index contributed by atoms with van der Waals surface area (Å²) in [5, 5.41) is 11.6. The molecule has 0 aromatic carbocycles. The van der Waals surface area contributed by atoms with Crippen LogP contribution in [0.5, 0.6) is 0 Å². The molecule has 7 nitrogen and oxygen atoms in total. The van der Waals surface area contributed by atoms with E-state index in [4.69, 9.17) is 9.84 Å². The first-order valence-corrected chi connectivity index (χ1v) is 6.63. The van der Waals surface area contributed by atoms with Gasteiger partial charge in [-0.25, -0.2) is 9.59 Å². The third kappa shape index (κ3) is 4.71. The Bertz CT molecular complexity index is 391. The molecule has 0 unspecified atom stereocenters. The molecule has 0 aromatic rings. The molecule has 0 aliphatic carbocycles. The van der Waals surface area contributed by atoms with Crippen LogP contribution in [0.1, 0.15) is 40.0 Å². The normalized spacial score (nSPS) is 23.6.